The van der Waals surface area contributed by atoms with Crippen LogP contribution in [0.4, 0.5) is 0 Å². The van der Waals surface area contributed by atoms with Gasteiger partial charge in [0.05, 0.1) is 23.0 Å². The average molecular weight is 603 g/mol. The summed E-state index contributed by atoms with van der Waals surface area (Å²) in [5, 5.41) is 9.58. The van der Waals surface area contributed by atoms with Gasteiger partial charge in [-0.2, -0.15) is 5.26 Å². The Labute approximate surface area is 274 Å². The van der Waals surface area contributed by atoms with E-state index in [9.17, 15) is 5.26 Å². The smallest absolute Gasteiger partial charge is 0.160 e. The molecule has 0 unspecified atom stereocenters. The summed E-state index contributed by atoms with van der Waals surface area (Å²) < 4.78 is 0. The quantitative estimate of drug-likeness (QED) is 0.197. The van der Waals surface area contributed by atoms with Gasteiger partial charge in [-0.15, -0.1) is 0 Å². The topological polar surface area (TPSA) is 62.5 Å². The van der Waals surface area contributed by atoms with Crippen LogP contribution in [-0.2, 0) is 5.41 Å². The van der Waals surface area contributed by atoms with E-state index in [0.717, 1.165) is 55.9 Å². The summed E-state index contributed by atoms with van der Waals surface area (Å²) in [4.78, 5) is 14.4. The molecule has 0 radical (unpaired) electrons. The van der Waals surface area contributed by atoms with Crippen LogP contribution in [0, 0.1) is 11.3 Å². The van der Waals surface area contributed by atoms with Gasteiger partial charge in [0.1, 0.15) is 0 Å². The molecule has 0 aliphatic heterocycles. The van der Waals surface area contributed by atoms with Gasteiger partial charge >= 0.3 is 0 Å². The Morgan fingerprint density at radius 2 is 1.13 bits per heavy atom. The number of nitrogens with zero attached hydrogens (tertiary/aromatic N) is 4. The molecule has 1 aliphatic rings. The maximum Gasteiger partial charge on any atom is 0.160 e. The third-order valence-electron chi connectivity index (χ3n) is 9.21. The van der Waals surface area contributed by atoms with E-state index in [1.54, 1.807) is 0 Å². The van der Waals surface area contributed by atoms with Crippen molar-refractivity contribution in [1.29, 1.82) is 5.26 Å². The van der Waals surface area contributed by atoms with Crippen molar-refractivity contribution >= 4 is 0 Å². The molecule has 0 N–H and O–H groups in total. The van der Waals surface area contributed by atoms with Gasteiger partial charge in [-0.05, 0) is 99.1 Å². The largest absolute Gasteiger partial charge is 0.265 e. The first kappa shape index (κ1) is 28.3. The fraction of sp³-hybridized carbons (Fsp3) is 0.0698. The lowest BCUT2D eigenvalue weighted by molar-refractivity contribution is 0.660. The first-order chi connectivity index (χ1) is 23.0. The second-order valence-electron chi connectivity index (χ2n) is 12.5. The fourth-order valence-corrected chi connectivity index (χ4v) is 6.72. The van der Waals surface area contributed by atoms with Gasteiger partial charge < -0.3 is 0 Å². The minimum absolute atomic E-state index is 0.192. The van der Waals surface area contributed by atoms with Gasteiger partial charge in [0.15, 0.2) is 5.82 Å². The number of pyridine rings is 1. The molecular formula is C43H30N4. The standard InChI is InChI=1S/C43H30N4/c1-43(2)38-16-13-28(27-44)21-37(38)36-15-14-32(25-39(36)43)34-22-33(29-17-19-45-20-18-29)23-35(24-34)41-26-40(30-9-5-3-6-10-30)46-42(47-41)31-11-7-4-8-12-31/h3-26H,1-2H3. The summed E-state index contributed by atoms with van der Waals surface area (Å²) in [6.45, 7) is 4.53. The van der Waals surface area contributed by atoms with Crippen molar-refractivity contribution in [2.45, 2.75) is 19.3 Å². The van der Waals surface area contributed by atoms with Crippen LogP contribution in [0.2, 0.25) is 0 Å². The zero-order valence-corrected chi connectivity index (χ0v) is 26.1. The molecule has 0 fully saturated rings. The number of fused-ring (bicyclic) bond motifs is 3. The van der Waals surface area contributed by atoms with Crippen LogP contribution < -0.4 is 0 Å². The lowest BCUT2D eigenvalue weighted by Gasteiger charge is -2.22. The van der Waals surface area contributed by atoms with E-state index in [0.29, 0.717) is 11.4 Å². The molecule has 4 heteroatoms. The van der Waals surface area contributed by atoms with E-state index in [1.807, 2.05) is 73.1 Å². The normalized spacial score (nSPS) is 12.6. The highest BCUT2D eigenvalue weighted by molar-refractivity contribution is 5.87. The highest BCUT2D eigenvalue weighted by Crippen LogP contribution is 2.50. The first-order valence-electron chi connectivity index (χ1n) is 15.7. The maximum absolute atomic E-state index is 9.58. The summed E-state index contributed by atoms with van der Waals surface area (Å²) in [5.74, 6) is 0.687. The van der Waals surface area contributed by atoms with E-state index in [2.05, 4.69) is 97.7 Å². The molecule has 222 valence electrons. The highest BCUT2D eigenvalue weighted by Gasteiger charge is 2.35. The number of nitriles is 1. The van der Waals surface area contributed by atoms with Crippen molar-refractivity contribution in [3.63, 3.8) is 0 Å². The third-order valence-corrected chi connectivity index (χ3v) is 9.21. The molecule has 0 bridgehead atoms. The molecule has 1 aliphatic carbocycles. The SMILES string of the molecule is CC1(C)c2ccc(C#N)cc2-c2ccc(-c3cc(-c4ccncc4)cc(-c4cc(-c5ccccc5)nc(-c5ccccc5)n4)c3)cc21. The Balaban J connectivity index is 1.32. The van der Waals surface area contributed by atoms with Crippen molar-refractivity contribution in [1.82, 2.24) is 15.0 Å². The van der Waals surface area contributed by atoms with E-state index >= 15 is 0 Å². The Morgan fingerprint density at radius 3 is 1.83 bits per heavy atom. The number of hydrogen-bond acceptors (Lipinski definition) is 4. The van der Waals surface area contributed by atoms with Gasteiger partial charge in [0.2, 0.25) is 0 Å². The molecule has 0 saturated heterocycles. The summed E-state index contributed by atoms with van der Waals surface area (Å²) >= 11 is 0. The summed E-state index contributed by atoms with van der Waals surface area (Å²) in [6.07, 6.45) is 3.66. The molecule has 0 amide bonds. The van der Waals surface area contributed by atoms with Crippen LogP contribution in [0.25, 0.3) is 67.3 Å². The summed E-state index contributed by atoms with van der Waals surface area (Å²) in [5.41, 5.74) is 14.5. The Bertz CT molecular complexity index is 2260. The van der Waals surface area contributed by atoms with Gasteiger partial charge in [0.25, 0.3) is 0 Å². The van der Waals surface area contributed by atoms with Crippen LogP contribution in [0.15, 0.2) is 146 Å². The maximum atomic E-state index is 9.58. The van der Waals surface area contributed by atoms with Crippen molar-refractivity contribution in [3.8, 4) is 73.4 Å². The molecular weight excluding hydrogens is 573 g/mol. The van der Waals surface area contributed by atoms with E-state index in [1.165, 1.54) is 16.7 Å². The first-order valence-corrected chi connectivity index (χ1v) is 15.7. The lowest BCUT2D eigenvalue weighted by Crippen LogP contribution is -2.15. The molecule has 47 heavy (non-hydrogen) atoms. The number of hydrogen-bond donors (Lipinski definition) is 0. The van der Waals surface area contributed by atoms with Gasteiger partial charge in [-0.3, -0.25) is 4.98 Å². The zero-order valence-electron chi connectivity index (χ0n) is 26.1. The minimum atomic E-state index is -0.192. The molecule has 0 saturated carbocycles. The molecule has 2 aromatic heterocycles. The van der Waals surface area contributed by atoms with Crippen LogP contribution in [0.1, 0.15) is 30.5 Å². The number of rotatable bonds is 5. The predicted molar refractivity (Wildman–Crippen MR) is 189 cm³/mol. The van der Waals surface area contributed by atoms with Crippen molar-refractivity contribution in [2.75, 3.05) is 0 Å². The Hall–Kier alpha value is -6.18. The van der Waals surface area contributed by atoms with Gasteiger partial charge in [-0.1, -0.05) is 92.7 Å². The minimum Gasteiger partial charge on any atom is -0.265 e. The van der Waals surface area contributed by atoms with Gasteiger partial charge in [-0.25, -0.2) is 9.97 Å². The molecule has 4 nitrogen and oxygen atoms in total. The Kier molecular flexibility index (Phi) is 6.82. The second kappa shape index (κ2) is 11.3. The molecule has 2 heterocycles. The number of benzene rings is 5. The summed E-state index contributed by atoms with van der Waals surface area (Å²) in [7, 11) is 0. The highest BCUT2D eigenvalue weighted by atomic mass is 14.9. The van der Waals surface area contributed by atoms with E-state index < -0.39 is 0 Å². The van der Waals surface area contributed by atoms with Crippen molar-refractivity contribution in [2.24, 2.45) is 0 Å². The molecule has 0 atom stereocenters. The number of aromatic nitrogens is 3. The van der Waals surface area contributed by atoms with Crippen LogP contribution in [0.3, 0.4) is 0 Å². The summed E-state index contributed by atoms with van der Waals surface area (Å²) in [6, 6.07) is 48.4. The van der Waals surface area contributed by atoms with Gasteiger partial charge in [0, 0.05) is 34.5 Å². The lowest BCUT2D eigenvalue weighted by atomic mass is 9.81. The predicted octanol–water partition coefficient (Wildman–Crippen LogP) is 10.4. The zero-order chi connectivity index (χ0) is 32.0. The third kappa shape index (κ3) is 5.09. The second-order valence-corrected chi connectivity index (χ2v) is 12.5. The van der Waals surface area contributed by atoms with Crippen LogP contribution in [0.5, 0.6) is 0 Å². The van der Waals surface area contributed by atoms with E-state index in [-0.39, 0.29) is 5.41 Å². The average Bonchev–Trinajstić information content (AvgIpc) is 3.37. The molecule has 5 aromatic carbocycles. The molecule has 7 aromatic rings. The van der Waals surface area contributed by atoms with Crippen molar-refractivity contribution < 1.29 is 0 Å². The Morgan fingerprint density at radius 1 is 0.489 bits per heavy atom. The fourth-order valence-electron chi connectivity index (χ4n) is 6.72. The van der Waals surface area contributed by atoms with Crippen LogP contribution >= 0.6 is 0 Å². The van der Waals surface area contributed by atoms with Crippen LogP contribution in [-0.4, -0.2) is 15.0 Å². The molecule has 8 rings (SSSR count). The monoisotopic (exact) mass is 602 g/mol. The molecule has 0 spiro atoms. The van der Waals surface area contributed by atoms with E-state index in [4.69, 9.17) is 9.97 Å². The van der Waals surface area contributed by atoms with Crippen molar-refractivity contribution in [3.05, 3.63) is 163 Å².